The van der Waals surface area contributed by atoms with Gasteiger partial charge < -0.3 is 10.6 Å². The van der Waals surface area contributed by atoms with Crippen LogP contribution >= 0.6 is 0 Å². The first kappa shape index (κ1) is 17.3. The third-order valence-corrected chi connectivity index (χ3v) is 6.28. The first-order valence-electron chi connectivity index (χ1n) is 9.84. The highest BCUT2D eigenvalue weighted by atomic mass is 16.2. The van der Waals surface area contributed by atoms with Gasteiger partial charge in [-0.05, 0) is 43.2 Å². The van der Waals surface area contributed by atoms with Crippen molar-refractivity contribution in [2.24, 2.45) is 11.7 Å². The van der Waals surface area contributed by atoms with Crippen molar-refractivity contribution >= 4 is 5.91 Å². The number of piperidine rings is 1. The molecule has 0 aromatic heterocycles. The Labute approximate surface area is 156 Å². The van der Waals surface area contributed by atoms with Gasteiger partial charge >= 0.3 is 0 Å². The molecule has 2 N–H and O–H groups in total. The van der Waals surface area contributed by atoms with Gasteiger partial charge in [-0.3, -0.25) is 4.79 Å². The molecular weight excluding hydrogens is 320 g/mol. The summed E-state index contributed by atoms with van der Waals surface area (Å²) in [5.74, 6) is 0.432. The molecule has 2 fully saturated rings. The van der Waals surface area contributed by atoms with E-state index in [1.807, 2.05) is 0 Å². The predicted molar refractivity (Wildman–Crippen MR) is 105 cm³/mol. The van der Waals surface area contributed by atoms with Crippen molar-refractivity contribution in [2.45, 2.75) is 43.6 Å². The van der Waals surface area contributed by atoms with Gasteiger partial charge in [0.25, 0.3) is 0 Å². The van der Waals surface area contributed by atoms with Crippen molar-refractivity contribution < 1.29 is 4.79 Å². The first-order chi connectivity index (χ1) is 12.7. The summed E-state index contributed by atoms with van der Waals surface area (Å²) in [6, 6.07) is 21.6. The van der Waals surface area contributed by atoms with E-state index in [0.717, 1.165) is 45.2 Å². The van der Waals surface area contributed by atoms with Crippen molar-refractivity contribution in [2.75, 3.05) is 13.1 Å². The molecule has 2 aromatic rings. The van der Waals surface area contributed by atoms with Gasteiger partial charge in [0, 0.05) is 30.5 Å². The van der Waals surface area contributed by atoms with E-state index in [9.17, 15) is 4.79 Å². The number of rotatable bonds is 3. The molecule has 2 atom stereocenters. The molecule has 1 heterocycles. The molecule has 0 spiro atoms. The Bertz CT molecular complexity index is 704. The van der Waals surface area contributed by atoms with E-state index in [0.29, 0.717) is 5.91 Å². The fourth-order valence-corrected chi connectivity index (χ4v) is 4.89. The Kier molecular flexibility index (Phi) is 4.82. The summed E-state index contributed by atoms with van der Waals surface area (Å²) >= 11 is 0. The number of nitrogens with zero attached hydrogens (tertiary/aromatic N) is 1. The van der Waals surface area contributed by atoms with Gasteiger partial charge in [0.2, 0.25) is 5.91 Å². The average molecular weight is 348 g/mol. The largest absolute Gasteiger partial charge is 0.341 e. The maximum atomic E-state index is 13.2. The Morgan fingerprint density at radius 3 is 2.12 bits per heavy atom. The van der Waals surface area contributed by atoms with Crippen LogP contribution in [0.3, 0.4) is 0 Å². The van der Waals surface area contributed by atoms with Gasteiger partial charge in [-0.1, -0.05) is 60.7 Å². The second-order valence-corrected chi connectivity index (χ2v) is 7.95. The van der Waals surface area contributed by atoms with Crippen LogP contribution in [0.2, 0.25) is 0 Å². The SMILES string of the molecule is N[C@H]1CC[C@@H](C(=O)N2CCCC(c3ccccc3)(c3ccccc3)C2)C1. The van der Waals surface area contributed by atoms with Gasteiger partial charge in [0.05, 0.1) is 0 Å². The fourth-order valence-electron chi connectivity index (χ4n) is 4.89. The summed E-state index contributed by atoms with van der Waals surface area (Å²) in [7, 11) is 0. The molecule has 1 amide bonds. The third-order valence-electron chi connectivity index (χ3n) is 6.28. The minimum absolute atomic E-state index is 0.114. The van der Waals surface area contributed by atoms with E-state index in [1.54, 1.807) is 0 Å². The Hall–Kier alpha value is -2.13. The van der Waals surface area contributed by atoms with Gasteiger partial charge in [0.15, 0.2) is 0 Å². The number of amides is 1. The van der Waals surface area contributed by atoms with Crippen LogP contribution in [-0.2, 0) is 10.2 Å². The molecule has 0 radical (unpaired) electrons. The quantitative estimate of drug-likeness (QED) is 0.919. The number of carbonyl (C=O) groups excluding carboxylic acids is 1. The van der Waals surface area contributed by atoms with Crippen LogP contribution in [0.15, 0.2) is 60.7 Å². The maximum absolute atomic E-state index is 13.2. The lowest BCUT2D eigenvalue weighted by Crippen LogP contribution is -2.50. The molecule has 4 rings (SSSR count). The second-order valence-electron chi connectivity index (χ2n) is 7.95. The zero-order chi connectivity index (χ0) is 18.0. The normalized spacial score (nSPS) is 25.2. The predicted octanol–water partition coefficient (Wildman–Crippen LogP) is 3.72. The molecular formula is C23H28N2O. The monoisotopic (exact) mass is 348 g/mol. The average Bonchev–Trinajstić information content (AvgIpc) is 3.15. The molecule has 0 unspecified atom stereocenters. The molecule has 2 aromatic carbocycles. The van der Waals surface area contributed by atoms with Crippen molar-refractivity contribution in [3.05, 3.63) is 71.8 Å². The van der Waals surface area contributed by atoms with Crippen molar-refractivity contribution in [3.8, 4) is 0 Å². The van der Waals surface area contributed by atoms with Gasteiger partial charge in [-0.2, -0.15) is 0 Å². The highest BCUT2D eigenvalue weighted by Gasteiger charge is 2.42. The van der Waals surface area contributed by atoms with E-state index in [2.05, 4.69) is 65.6 Å². The fraction of sp³-hybridized carbons (Fsp3) is 0.435. The van der Waals surface area contributed by atoms with Gasteiger partial charge in [-0.15, -0.1) is 0 Å². The zero-order valence-corrected chi connectivity index (χ0v) is 15.3. The maximum Gasteiger partial charge on any atom is 0.225 e. The van der Waals surface area contributed by atoms with Crippen molar-refractivity contribution in [1.82, 2.24) is 4.90 Å². The molecule has 1 aliphatic carbocycles. The van der Waals surface area contributed by atoms with Crippen LogP contribution in [0.25, 0.3) is 0 Å². The van der Waals surface area contributed by atoms with E-state index in [-0.39, 0.29) is 17.4 Å². The van der Waals surface area contributed by atoms with Crippen LogP contribution in [-0.4, -0.2) is 29.9 Å². The topological polar surface area (TPSA) is 46.3 Å². The van der Waals surface area contributed by atoms with Crippen LogP contribution in [0.4, 0.5) is 0 Å². The lowest BCUT2D eigenvalue weighted by atomic mass is 9.69. The third kappa shape index (κ3) is 3.16. The van der Waals surface area contributed by atoms with Crippen molar-refractivity contribution in [3.63, 3.8) is 0 Å². The number of hydrogen-bond acceptors (Lipinski definition) is 2. The molecule has 1 saturated heterocycles. The van der Waals surface area contributed by atoms with Crippen LogP contribution in [0, 0.1) is 5.92 Å². The standard InChI is InChI=1S/C23H28N2O/c24-21-13-12-18(16-21)22(26)25-15-7-14-23(17-25,19-8-3-1-4-9-19)20-10-5-2-6-11-20/h1-6,8-11,18,21H,7,12-17,24H2/t18-,21+/m1/s1. The molecule has 1 saturated carbocycles. The lowest BCUT2D eigenvalue weighted by molar-refractivity contribution is -0.137. The molecule has 2 aliphatic rings. The smallest absolute Gasteiger partial charge is 0.225 e. The summed E-state index contributed by atoms with van der Waals surface area (Å²) < 4.78 is 0. The summed E-state index contributed by atoms with van der Waals surface area (Å²) in [5.41, 5.74) is 8.57. The molecule has 136 valence electrons. The van der Waals surface area contributed by atoms with E-state index in [1.165, 1.54) is 11.1 Å². The molecule has 1 aliphatic heterocycles. The summed E-state index contributed by atoms with van der Waals surface area (Å²) in [6.07, 6.45) is 4.88. The lowest BCUT2D eigenvalue weighted by Gasteiger charge is -2.44. The molecule has 0 bridgehead atoms. The molecule has 3 heteroatoms. The molecule has 3 nitrogen and oxygen atoms in total. The summed E-state index contributed by atoms with van der Waals surface area (Å²) in [6.45, 7) is 1.64. The number of hydrogen-bond donors (Lipinski definition) is 1. The van der Waals surface area contributed by atoms with Gasteiger partial charge in [0.1, 0.15) is 0 Å². The highest BCUT2D eigenvalue weighted by Crippen LogP contribution is 2.41. The first-order valence-corrected chi connectivity index (χ1v) is 9.84. The highest BCUT2D eigenvalue weighted by molar-refractivity contribution is 5.79. The van der Waals surface area contributed by atoms with Gasteiger partial charge in [-0.25, -0.2) is 0 Å². The Morgan fingerprint density at radius 1 is 0.962 bits per heavy atom. The summed E-state index contributed by atoms with van der Waals surface area (Å²) in [4.78, 5) is 15.3. The van der Waals surface area contributed by atoms with Crippen LogP contribution < -0.4 is 5.73 Å². The van der Waals surface area contributed by atoms with E-state index >= 15 is 0 Å². The zero-order valence-electron chi connectivity index (χ0n) is 15.3. The minimum atomic E-state index is -0.114. The number of benzene rings is 2. The van der Waals surface area contributed by atoms with Crippen LogP contribution in [0.5, 0.6) is 0 Å². The number of carbonyl (C=O) groups is 1. The number of likely N-dealkylation sites (tertiary alicyclic amines) is 1. The van der Waals surface area contributed by atoms with Crippen molar-refractivity contribution in [1.29, 1.82) is 0 Å². The van der Waals surface area contributed by atoms with E-state index in [4.69, 9.17) is 5.73 Å². The van der Waals surface area contributed by atoms with Crippen LogP contribution in [0.1, 0.15) is 43.2 Å². The molecule has 26 heavy (non-hydrogen) atoms. The van der Waals surface area contributed by atoms with E-state index < -0.39 is 0 Å². The second kappa shape index (κ2) is 7.24. The number of nitrogens with two attached hydrogens (primary N) is 1. The Balaban J connectivity index is 1.67. The minimum Gasteiger partial charge on any atom is -0.341 e. The Morgan fingerprint density at radius 2 is 1.58 bits per heavy atom. The summed E-state index contributed by atoms with van der Waals surface area (Å²) in [5, 5.41) is 0.